The lowest BCUT2D eigenvalue weighted by atomic mass is 10.0. The van der Waals surface area contributed by atoms with Crippen LogP contribution < -0.4 is 5.32 Å². The number of rotatable bonds is 6. The molecule has 3 aromatic heterocycles. The van der Waals surface area contributed by atoms with E-state index in [-0.39, 0.29) is 11.9 Å². The summed E-state index contributed by atoms with van der Waals surface area (Å²) in [6.07, 6.45) is 3.09. The molecule has 0 spiro atoms. The molecule has 2 N–H and O–H groups in total. The summed E-state index contributed by atoms with van der Waals surface area (Å²) in [4.78, 5) is 22.7. The van der Waals surface area contributed by atoms with E-state index < -0.39 is 0 Å². The zero-order valence-electron chi connectivity index (χ0n) is 16.1. The molecule has 3 heterocycles. The fourth-order valence-electron chi connectivity index (χ4n) is 3.22. The molecule has 8 heteroatoms. The molecular weight excluding hydrogens is 357 g/mol. The normalized spacial score (nSPS) is 12.8. The van der Waals surface area contributed by atoms with E-state index in [1.807, 2.05) is 7.05 Å². The number of benzene rings is 1. The van der Waals surface area contributed by atoms with Crippen LogP contribution in [0.5, 0.6) is 0 Å². The van der Waals surface area contributed by atoms with Gasteiger partial charge in [0.25, 0.3) is 0 Å². The minimum atomic E-state index is -0.281. The van der Waals surface area contributed by atoms with Gasteiger partial charge >= 0.3 is 0 Å². The van der Waals surface area contributed by atoms with Gasteiger partial charge in [-0.15, -0.1) is 0 Å². The quantitative estimate of drug-likeness (QED) is 0.532. The fraction of sp³-hybridized carbons (Fsp3) is 0.300. The molecule has 0 unspecified atom stereocenters. The number of nitrogens with one attached hydrogen (secondary N) is 2. The number of aromatic nitrogens is 5. The van der Waals surface area contributed by atoms with Crippen LogP contribution in [0.25, 0.3) is 22.1 Å². The van der Waals surface area contributed by atoms with E-state index in [4.69, 9.17) is 4.98 Å². The van der Waals surface area contributed by atoms with Crippen molar-refractivity contribution in [3.8, 4) is 0 Å². The summed E-state index contributed by atoms with van der Waals surface area (Å²) in [6.45, 7) is 5.72. The maximum Gasteiger partial charge on any atom is 0.182 e. The summed E-state index contributed by atoms with van der Waals surface area (Å²) in [6, 6.07) is 6.71. The number of hydrogen-bond acceptors (Lipinski definition) is 6. The molecular formula is C20H22FN7. The summed E-state index contributed by atoms with van der Waals surface area (Å²) < 4.78 is 13.7. The number of pyridine rings is 1. The molecule has 0 bridgehead atoms. The summed E-state index contributed by atoms with van der Waals surface area (Å²) in [7, 11) is 2.04. The van der Waals surface area contributed by atoms with Crippen LogP contribution in [0.3, 0.4) is 0 Å². The molecule has 28 heavy (non-hydrogen) atoms. The third-order valence-corrected chi connectivity index (χ3v) is 4.89. The number of H-pyrrole nitrogens is 1. The van der Waals surface area contributed by atoms with Crippen LogP contribution in [-0.4, -0.2) is 43.4 Å². The van der Waals surface area contributed by atoms with Crippen LogP contribution >= 0.6 is 0 Å². The molecule has 0 fully saturated rings. The van der Waals surface area contributed by atoms with E-state index in [1.54, 1.807) is 12.4 Å². The van der Waals surface area contributed by atoms with E-state index in [0.717, 1.165) is 28.7 Å². The molecule has 0 aliphatic carbocycles. The molecule has 7 nitrogen and oxygen atoms in total. The second-order valence-corrected chi connectivity index (χ2v) is 6.88. The van der Waals surface area contributed by atoms with Crippen LogP contribution in [0.15, 0.2) is 36.9 Å². The minimum absolute atomic E-state index is 0.0661. The van der Waals surface area contributed by atoms with Crippen LogP contribution in [0, 0.1) is 5.82 Å². The van der Waals surface area contributed by atoms with Gasteiger partial charge in [0.05, 0.1) is 23.6 Å². The van der Waals surface area contributed by atoms with Gasteiger partial charge in [-0.3, -0.25) is 4.98 Å². The van der Waals surface area contributed by atoms with Gasteiger partial charge in [-0.05, 0) is 44.3 Å². The van der Waals surface area contributed by atoms with Crippen LogP contribution in [-0.2, 0) is 6.54 Å². The van der Waals surface area contributed by atoms with Crippen molar-refractivity contribution in [1.82, 2.24) is 29.8 Å². The van der Waals surface area contributed by atoms with E-state index in [9.17, 15) is 4.39 Å². The molecule has 0 aliphatic heterocycles. The molecule has 0 aliphatic rings. The molecule has 4 aromatic rings. The van der Waals surface area contributed by atoms with Crippen molar-refractivity contribution in [2.45, 2.75) is 26.4 Å². The summed E-state index contributed by atoms with van der Waals surface area (Å²) in [5, 5.41) is 4.34. The lowest BCUT2D eigenvalue weighted by Crippen LogP contribution is -2.21. The SMILES string of the molecule is CCN(C)Cc1nc2cc(F)ccc2cc1[C@H](C)Nc1ncnc2nc[nH]c12. The van der Waals surface area contributed by atoms with Crippen molar-refractivity contribution in [3.63, 3.8) is 0 Å². The Bertz CT molecular complexity index is 1120. The van der Waals surface area contributed by atoms with Crippen molar-refractivity contribution in [2.75, 3.05) is 18.9 Å². The number of halogens is 1. The molecule has 1 atom stereocenters. The van der Waals surface area contributed by atoms with Gasteiger partial charge in [0.1, 0.15) is 17.7 Å². The van der Waals surface area contributed by atoms with Crippen LogP contribution in [0.4, 0.5) is 10.2 Å². The highest BCUT2D eigenvalue weighted by atomic mass is 19.1. The van der Waals surface area contributed by atoms with Crippen molar-refractivity contribution < 1.29 is 4.39 Å². The first-order valence-electron chi connectivity index (χ1n) is 9.23. The molecule has 1 aromatic carbocycles. The predicted molar refractivity (Wildman–Crippen MR) is 107 cm³/mol. The lowest BCUT2D eigenvalue weighted by Gasteiger charge is -2.22. The largest absolute Gasteiger partial charge is 0.362 e. The Balaban J connectivity index is 1.75. The van der Waals surface area contributed by atoms with Gasteiger partial charge in [0.15, 0.2) is 11.5 Å². The first-order chi connectivity index (χ1) is 13.5. The average molecular weight is 379 g/mol. The Kier molecular flexibility index (Phi) is 4.87. The highest BCUT2D eigenvalue weighted by molar-refractivity contribution is 5.83. The number of hydrogen-bond donors (Lipinski definition) is 2. The van der Waals surface area contributed by atoms with Crippen LogP contribution in [0.2, 0.25) is 0 Å². The van der Waals surface area contributed by atoms with Crippen molar-refractivity contribution in [1.29, 1.82) is 0 Å². The number of nitrogens with zero attached hydrogens (tertiary/aromatic N) is 5. The van der Waals surface area contributed by atoms with E-state index in [2.05, 4.69) is 50.1 Å². The predicted octanol–water partition coefficient (Wildman–Crippen LogP) is 3.67. The first kappa shape index (κ1) is 18.2. The Hall–Kier alpha value is -3.13. The smallest absolute Gasteiger partial charge is 0.182 e. The number of aromatic amines is 1. The van der Waals surface area contributed by atoms with Gasteiger partial charge in [0.2, 0.25) is 0 Å². The van der Waals surface area contributed by atoms with E-state index >= 15 is 0 Å². The van der Waals surface area contributed by atoms with E-state index in [0.29, 0.717) is 23.5 Å². The lowest BCUT2D eigenvalue weighted by molar-refractivity contribution is 0.340. The maximum atomic E-state index is 13.7. The maximum absolute atomic E-state index is 13.7. The molecule has 0 saturated heterocycles. The molecule has 0 radical (unpaired) electrons. The molecule has 0 saturated carbocycles. The molecule has 144 valence electrons. The van der Waals surface area contributed by atoms with Gasteiger partial charge in [0, 0.05) is 18.0 Å². The molecule has 0 amide bonds. The average Bonchev–Trinajstić information content (AvgIpc) is 3.17. The van der Waals surface area contributed by atoms with Gasteiger partial charge in [-0.25, -0.2) is 19.3 Å². The monoisotopic (exact) mass is 379 g/mol. The Morgan fingerprint density at radius 3 is 2.89 bits per heavy atom. The Morgan fingerprint density at radius 2 is 2.07 bits per heavy atom. The van der Waals surface area contributed by atoms with Crippen molar-refractivity contribution >= 4 is 27.9 Å². The second kappa shape index (κ2) is 7.47. The molecule has 4 rings (SSSR count). The number of anilines is 1. The number of imidazole rings is 1. The van der Waals surface area contributed by atoms with Crippen molar-refractivity contribution in [3.05, 3.63) is 54.0 Å². The fourth-order valence-corrected chi connectivity index (χ4v) is 3.22. The topological polar surface area (TPSA) is 82.6 Å². The summed E-state index contributed by atoms with van der Waals surface area (Å²) in [5.41, 5.74) is 4.00. The highest BCUT2D eigenvalue weighted by Crippen LogP contribution is 2.27. The Morgan fingerprint density at radius 1 is 1.21 bits per heavy atom. The zero-order chi connectivity index (χ0) is 19.7. The Labute approximate surface area is 162 Å². The number of fused-ring (bicyclic) bond motifs is 2. The van der Waals surface area contributed by atoms with Gasteiger partial charge in [-0.1, -0.05) is 6.92 Å². The van der Waals surface area contributed by atoms with Gasteiger partial charge < -0.3 is 15.2 Å². The zero-order valence-corrected chi connectivity index (χ0v) is 16.1. The summed E-state index contributed by atoms with van der Waals surface area (Å²) >= 11 is 0. The minimum Gasteiger partial charge on any atom is -0.362 e. The van der Waals surface area contributed by atoms with Gasteiger partial charge in [-0.2, -0.15) is 0 Å². The standard InChI is InChI=1S/C20H22FN7/c1-4-28(3)9-17-15(7-13-5-6-14(21)8-16(13)27-17)12(2)26-20-18-19(23-10-22-18)24-11-25-20/h5-8,10-12H,4,9H2,1-3H3,(H2,22,23,24,25,26)/t12-/m0/s1. The van der Waals surface area contributed by atoms with Crippen LogP contribution in [0.1, 0.15) is 31.1 Å². The first-order valence-corrected chi connectivity index (χ1v) is 9.23. The van der Waals surface area contributed by atoms with E-state index in [1.165, 1.54) is 18.5 Å². The third-order valence-electron chi connectivity index (χ3n) is 4.89. The van der Waals surface area contributed by atoms with Crippen molar-refractivity contribution in [2.24, 2.45) is 0 Å². The highest BCUT2D eigenvalue weighted by Gasteiger charge is 2.17. The second-order valence-electron chi connectivity index (χ2n) is 6.88. The third kappa shape index (κ3) is 3.50. The summed E-state index contributed by atoms with van der Waals surface area (Å²) in [5.74, 6) is 0.403.